The topological polar surface area (TPSA) is 3.24 Å². The van der Waals surface area contributed by atoms with E-state index in [0.29, 0.717) is 5.92 Å². The molecular formula is C50H49N. The Balaban J connectivity index is 1.37. The molecule has 6 aromatic rings. The van der Waals surface area contributed by atoms with Crippen LogP contribution in [0.15, 0.2) is 121 Å². The zero-order valence-corrected chi connectivity index (χ0v) is 30.7. The lowest BCUT2D eigenvalue weighted by atomic mass is 9.78. The third-order valence-corrected chi connectivity index (χ3v) is 12.2. The van der Waals surface area contributed by atoms with Crippen molar-refractivity contribution in [2.75, 3.05) is 4.90 Å². The first kappa shape index (κ1) is 32.1. The van der Waals surface area contributed by atoms with E-state index in [1.165, 1.54) is 110 Å². The van der Waals surface area contributed by atoms with Crippen LogP contribution in [0.25, 0.3) is 33.4 Å². The van der Waals surface area contributed by atoms with E-state index in [0.717, 1.165) is 19.3 Å². The molecule has 0 spiro atoms. The van der Waals surface area contributed by atoms with Gasteiger partial charge in [0.2, 0.25) is 0 Å². The van der Waals surface area contributed by atoms with Crippen LogP contribution in [0.3, 0.4) is 0 Å². The first-order valence-electron chi connectivity index (χ1n) is 19.4. The summed E-state index contributed by atoms with van der Waals surface area (Å²) in [6.45, 7) is 9.61. The van der Waals surface area contributed by atoms with Gasteiger partial charge in [-0.2, -0.15) is 0 Å². The summed E-state index contributed by atoms with van der Waals surface area (Å²) in [5.41, 5.74) is 22.4. The molecule has 1 nitrogen and oxygen atoms in total. The summed E-state index contributed by atoms with van der Waals surface area (Å²) < 4.78 is 0. The highest BCUT2D eigenvalue weighted by Crippen LogP contribution is 2.55. The van der Waals surface area contributed by atoms with Crippen molar-refractivity contribution in [2.24, 2.45) is 0 Å². The van der Waals surface area contributed by atoms with Crippen LogP contribution >= 0.6 is 0 Å². The molecule has 9 rings (SSSR count). The van der Waals surface area contributed by atoms with Crippen molar-refractivity contribution < 1.29 is 0 Å². The van der Waals surface area contributed by atoms with E-state index < -0.39 is 0 Å². The highest BCUT2D eigenvalue weighted by molar-refractivity contribution is 5.97. The van der Waals surface area contributed by atoms with Gasteiger partial charge in [0.15, 0.2) is 0 Å². The fourth-order valence-corrected chi connectivity index (χ4v) is 9.58. The molecule has 0 saturated carbocycles. The van der Waals surface area contributed by atoms with Crippen LogP contribution in [0.4, 0.5) is 17.1 Å². The Kier molecular flexibility index (Phi) is 7.99. The van der Waals surface area contributed by atoms with E-state index in [4.69, 9.17) is 0 Å². The largest absolute Gasteiger partial charge is 0.310 e. The van der Waals surface area contributed by atoms with Gasteiger partial charge >= 0.3 is 0 Å². The first-order valence-corrected chi connectivity index (χ1v) is 19.4. The van der Waals surface area contributed by atoms with Crippen molar-refractivity contribution >= 4 is 17.1 Å². The average molecular weight is 664 g/mol. The highest BCUT2D eigenvalue weighted by atomic mass is 15.1. The Morgan fingerprint density at radius 3 is 1.94 bits per heavy atom. The monoisotopic (exact) mass is 663 g/mol. The zero-order chi connectivity index (χ0) is 34.7. The van der Waals surface area contributed by atoms with Gasteiger partial charge in [0.25, 0.3) is 0 Å². The number of aryl methyl sites for hydroxylation is 2. The van der Waals surface area contributed by atoms with E-state index in [-0.39, 0.29) is 5.41 Å². The summed E-state index contributed by atoms with van der Waals surface area (Å²) in [4.78, 5) is 2.65. The van der Waals surface area contributed by atoms with Gasteiger partial charge in [-0.05, 0) is 154 Å². The molecule has 0 fully saturated rings. The van der Waals surface area contributed by atoms with Gasteiger partial charge in [-0.1, -0.05) is 119 Å². The highest BCUT2D eigenvalue weighted by Gasteiger charge is 2.38. The lowest BCUT2D eigenvalue weighted by Crippen LogP contribution is -2.19. The summed E-state index contributed by atoms with van der Waals surface area (Å²) in [5.74, 6) is 0.417. The van der Waals surface area contributed by atoms with E-state index in [9.17, 15) is 0 Å². The molecule has 254 valence electrons. The van der Waals surface area contributed by atoms with Crippen LogP contribution in [-0.2, 0) is 31.1 Å². The molecular weight excluding hydrogens is 615 g/mol. The van der Waals surface area contributed by atoms with E-state index in [1.807, 2.05) is 0 Å². The molecule has 0 N–H and O–H groups in total. The van der Waals surface area contributed by atoms with Gasteiger partial charge in [-0.3, -0.25) is 0 Å². The number of hydrogen-bond donors (Lipinski definition) is 0. The maximum atomic E-state index is 2.65. The Labute approximate surface area is 305 Å². The molecule has 0 heterocycles. The first-order chi connectivity index (χ1) is 24.9. The van der Waals surface area contributed by atoms with Gasteiger partial charge in [-0.25, -0.2) is 0 Å². The van der Waals surface area contributed by atoms with E-state index in [2.05, 4.69) is 154 Å². The molecule has 0 radical (unpaired) electrons. The number of anilines is 3. The summed E-state index contributed by atoms with van der Waals surface area (Å²) in [6, 6.07) is 46.5. The minimum atomic E-state index is -0.102. The lowest BCUT2D eigenvalue weighted by Gasteiger charge is -2.34. The molecule has 0 saturated heterocycles. The second kappa shape index (κ2) is 12.7. The molecule has 0 bridgehead atoms. The average Bonchev–Trinajstić information content (AvgIpc) is 3.40. The molecule has 0 unspecified atom stereocenters. The standard InChI is InChI=1S/C50H49N/c1-33(2)39-30-27-37-18-9-11-21-41(37)49(39)44-31-43-42-22-12-13-23-45(42)50(3,4)46(43)32-48(44)51(47-24-14-19-36-17-8-10-20-40(36)47)38-28-25-35(26-29-38)34-15-6-5-7-16-34/h5-7,12-16,19,22-33H,8-11,17-18,20-21H2,1-4H3. The van der Waals surface area contributed by atoms with Crippen molar-refractivity contribution in [3.8, 4) is 33.4 Å². The summed E-state index contributed by atoms with van der Waals surface area (Å²) in [7, 11) is 0. The zero-order valence-electron chi connectivity index (χ0n) is 30.7. The molecule has 0 aromatic heterocycles. The molecule has 0 atom stereocenters. The van der Waals surface area contributed by atoms with Gasteiger partial charge in [0.1, 0.15) is 0 Å². The number of hydrogen-bond acceptors (Lipinski definition) is 1. The third-order valence-electron chi connectivity index (χ3n) is 12.2. The maximum absolute atomic E-state index is 2.65. The normalized spacial score (nSPS) is 15.5. The Morgan fingerprint density at radius 1 is 0.510 bits per heavy atom. The van der Waals surface area contributed by atoms with E-state index in [1.54, 1.807) is 11.1 Å². The van der Waals surface area contributed by atoms with Crippen molar-refractivity contribution in [2.45, 2.75) is 90.4 Å². The molecule has 51 heavy (non-hydrogen) atoms. The van der Waals surface area contributed by atoms with Crippen molar-refractivity contribution in [1.82, 2.24) is 0 Å². The Bertz CT molecular complexity index is 2250. The fourth-order valence-electron chi connectivity index (χ4n) is 9.58. The van der Waals surface area contributed by atoms with Crippen LogP contribution in [0.5, 0.6) is 0 Å². The fraction of sp³-hybridized carbons (Fsp3) is 0.280. The molecule has 0 aliphatic heterocycles. The van der Waals surface area contributed by atoms with Gasteiger partial charge in [-0.15, -0.1) is 0 Å². The van der Waals surface area contributed by atoms with Gasteiger partial charge in [0.05, 0.1) is 5.69 Å². The number of benzene rings is 6. The summed E-state index contributed by atoms with van der Waals surface area (Å²) in [5, 5.41) is 0. The lowest BCUT2D eigenvalue weighted by molar-refractivity contribution is 0.660. The van der Waals surface area contributed by atoms with Gasteiger partial charge < -0.3 is 4.90 Å². The SMILES string of the molecule is CC(C)c1ccc2c(c1-c1cc3c(cc1N(c1ccc(-c4ccccc4)cc1)c1cccc4c1CCCC4)C(C)(C)c1ccccc1-3)CCCC2. The Morgan fingerprint density at radius 2 is 1.18 bits per heavy atom. The molecule has 6 aromatic carbocycles. The van der Waals surface area contributed by atoms with Crippen LogP contribution in [0.1, 0.15) is 98.2 Å². The number of fused-ring (bicyclic) bond motifs is 5. The third kappa shape index (κ3) is 5.36. The molecule has 3 aliphatic carbocycles. The van der Waals surface area contributed by atoms with Crippen LogP contribution in [0.2, 0.25) is 0 Å². The Hall–Kier alpha value is -4.88. The van der Waals surface area contributed by atoms with Crippen molar-refractivity contribution in [3.05, 3.63) is 160 Å². The van der Waals surface area contributed by atoms with Crippen molar-refractivity contribution in [1.29, 1.82) is 0 Å². The van der Waals surface area contributed by atoms with Crippen molar-refractivity contribution in [3.63, 3.8) is 0 Å². The number of rotatable bonds is 6. The number of nitrogens with zero attached hydrogens (tertiary/aromatic N) is 1. The second-order valence-electron chi connectivity index (χ2n) is 16.0. The minimum Gasteiger partial charge on any atom is -0.310 e. The summed E-state index contributed by atoms with van der Waals surface area (Å²) >= 11 is 0. The molecule has 3 aliphatic rings. The quantitative estimate of drug-likeness (QED) is 0.171. The molecule has 0 amide bonds. The summed E-state index contributed by atoms with van der Waals surface area (Å²) in [6.07, 6.45) is 9.66. The second-order valence-corrected chi connectivity index (χ2v) is 16.0. The maximum Gasteiger partial charge on any atom is 0.0543 e. The smallest absolute Gasteiger partial charge is 0.0543 e. The molecule has 1 heteroatoms. The van der Waals surface area contributed by atoms with Crippen LogP contribution in [0, 0.1) is 0 Å². The van der Waals surface area contributed by atoms with Gasteiger partial charge in [0, 0.05) is 22.4 Å². The van der Waals surface area contributed by atoms with Crippen LogP contribution < -0.4 is 4.90 Å². The minimum absolute atomic E-state index is 0.102. The van der Waals surface area contributed by atoms with E-state index >= 15 is 0 Å². The predicted octanol–water partition coefficient (Wildman–Crippen LogP) is 13.7. The predicted molar refractivity (Wildman–Crippen MR) is 217 cm³/mol. The van der Waals surface area contributed by atoms with Crippen LogP contribution in [-0.4, -0.2) is 0 Å².